The van der Waals surface area contributed by atoms with Crippen molar-refractivity contribution >= 4 is 35.0 Å². The highest BCUT2D eigenvalue weighted by Crippen LogP contribution is 2.37. The Labute approximate surface area is 180 Å². The average molecular weight is 445 g/mol. The highest BCUT2D eigenvalue weighted by Gasteiger charge is 2.35. The predicted octanol–water partition coefficient (Wildman–Crippen LogP) is 2.66. The molecule has 0 aliphatic carbocycles. The Hall–Kier alpha value is -3.10. The van der Waals surface area contributed by atoms with Crippen LogP contribution in [0.15, 0.2) is 62.1 Å². The van der Waals surface area contributed by atoms with E-state index in [4.69, 9.17) is 25.5 Å². The number of thiazole rings is 1. The zero-order chi connectivity index (χ0) is 21.4. The first-order valence-electron chi connectivity index (χ1n) is 8.92. The van der Waals surface area contributed by atoms with Gasteiger partial charge in [-0.3, -0.25) is 9.36 Å². The fraction of sp³-hybridized carbons (Fsp3) is 0.190. The topological polar surface area (TPSA) is 83.0 Å². The molecular formula is C21H17ClN2O5S. The maximum absolute atomic E-state index is 13.4. The second kappa shape index (κ2) is 7.97. The van der Waals surface area contributed by atoms with Crippen molar-refractivity contribution in [2.24, 2.45) is 4.99 Å². The molecule has 0 amide bonds. The number of benzene rings is 1. The van der Waals surface area contributed by atoms with Crippen molar-refractivity contribution in [1.82, 2.24) is 4.57 Å². The Morgan fingerprint density at radius 1 is 1.33 bits per heavy atom. The molecule has 4 rings (SSSR count). The number of allylic oxidation sites excluding steroid dienone is 1. The van der Waals surface area contributed by atoms with E-state index in [2.05, 4.69) is 4.99 Å². The van der Waals surface area contributed by atoms with Crippen molar-refractivity contribution in [3.05, 3.63) is 83.9 Å². The van der Waals surface area contributed by atoms with Crippen LogP contribution in [0, 0.1) is 0 Å². The van der Waals surface area contributed by atoms with E-state index in [0.717, 1.165) is 0 Å². The van der Waals surface area contributed by atoms with Crippen molar-refractivity contribution in [3.63, 3.8) is 0 Å². The van der Waals surface area contributed by atoms with E-state index in [1.807, 2.05) is 0 Å². The summed E-state index contributed by atoms with van der Waals surface area (Å²) in [5, 5.41) is 0.447. The fourth-order valence-electron chi connectivity index (χ4n) is 3.41. The van der Waals surface area contributed by atoms with Crippen LogP contribution in [0.25, 0.3) is 6.08 Å². The monoisotopic (exact) mass is 444 g/mol. The number of carbonyl (C=O) groups excluding carboxylic acids is 1. The molecule has 0 spiro atoms. The summed E-state index contributed by atoms with van der Waals surface area (Å²) in [5.74, 6) is 0.450. The van der Waals surface area contributed by atoms with Gasteiger partial charge in [0.2, 0.25) is 0 Å². The zero-order valence-electron chi connectivity index (χ0n) is 16.3. The quantitative estimate of drug-likeness (QED) is 0.578. The molecule has 1 aliphatic heterocycles. The number of hydrogen-bond acceptors (Lipinski definition) is 7. The van der Waals surface area contributed by atoms with E-state index in [-0.39, 0.29) is 11.1 Å². The van der Waals surface area contributed by atoms with Gasteiger partial charge in [-0.1, -0.05) is 22.9 Å². The van der Waals surface area contributed by atoms with Gasteiger partial charge in [-0.2, -0.15) is 0 Å². The molecular weight excluding hydrogens is 428 g/mol. The summed E-state index contributed by atoms with van der Waals surface area (Å²) in [6, 6.07) is 7.74. The summed E-state index contributed by atoms with van der Waals surface area (Å²) in [7, 11) is 2.80. The Morgan fingerprint density at radius 3 is 2.80 bits per heavy atom. The highest BCUT2D eigenvalue weighted by molar-refractivity contribution is 7.07. The van der Waals surface area contributed by atoms with Gasteiger partial charge in [-0.25, -0.2) is 9.79 Å². The first-order valence-corrected chi connectivity index (χ1v) is 10.1. The molecule has 2 aromatic heterocycles. The van der Waals surface area contributed by atoms with Crippen molar-refractivity contribution in [2.45, 2.75) is 13.0 Å². The van der Waals surface area contributed by atoms with E-state index in [0.29, 0.717) is 37.1 Å². The van der Waals surface area contributed by atoms with E-state index >= 15 is 0 Å². The van der Waals surface area contributed by atoms with Gasteiger partial charge in [0.05, 0.1) is 36.3 Å². The van der Waals surface area contributed by atoms with Crippen LogP contribution >= 0.6 is 22.9 Å². The molecule has 0 saturated heterocycles. The molecule has 0 saturated carbocycles. The molecule has 1 aromatic carbocycles. The van der Waals surface area contributed by atoms with Gasteiger partial charge < -0.3 is 13.9 Å². The molecule has 3 heterocycles. The SMILES string of the molecule is COC(=O)C1=C(C)N=c2s/c(=C/c3ccco3)c(=O)n2C1c1cc(Cl)ccc1OC. The van der Waals surface area contributed by atoms with Crippen LogP contribution in [-0.2, 0) is 9.53 Å². The molecule has 1 aliphatic rings. The maximum atomic E-state index is 13.4. The summed E-state index contributed by atoms with van der Waals surface area (Å²) in [6.45, 7) is 1.71. The first kappa shape index (κ1) is 20.2. The molecule has 1 unspecified atom stereocenters. The Kier molecular flexibility index (Phi) is 5.36. The molecule has 9 heteroatoms. The smallest absolute Gasteiger partial charge is 0.338 e. The van der Waals surface area contributed by atoms with Crippen molar-refractivity contribution in [1.29, 1.82) is 0 Å². The normalized spacial score (nSPS) is 16.3. The number of furan rings is 1. The molecule has 1 atom stereocenters. The number of carbonyl (C=O) groups is 1. The molecule has 3 aromatic rings. The lowest BCUT2D eigenvalue weighted by Gasteiger charge is -2.25. The molecule has 0 bridgehead atoms. The largest absolute Gasteiger partial charge is 0.496 e. The van der Waals surface area contributed by atoms with Gasteiger partial charge in [-0.15, -0.1) is 0 Å². The van der Waals surface area contributed by atoms with Crippen LogP contribution in [-0.4, -0.2) is 24.8 Å². The number of halogens is 1. The van der Waals surface area contributed by atoms with E-state index in [9.17, 15) is 9.59 Å². The second-order valence-corrected chi connectivity index (χ2v) is 7.92. The number of aromatic nitrogens is 1. The minimum Gasteiger partial charge on any atom is -0.496 e. The summed E-state index contributed by atoms with van der Waals surface area (Å²) in [6.07, 6.45) is 3.18. The second-order valence-electron chi connectivity index (χ2n) is 6.48. The van der Waals surface area contributed by atoms with Gasteiger partial charge in [0.25, 0.3) is 5.56 Å². The lowest BCUT2D eigenvalue weighted by molar-refractivity contribution is -0.136. The number of hydrogen-bond donors (Lipinski definition) is 0. The lowest BCUT2D eigenvalue weighted by atomic mass is 9.95. The molecule has 154 valence electrons. The minimum atomic E-state index is -0.805. The van der Waals surface area contributed by atoms with E-state index in [1.54, 1.807) is 43.3 Å². The highest BCUT2D eigenvalue weighted by atomic mass is 35.5. The van der Waals surface area contributed by atoms with E-state index < -0.39 is 12.0 Å². The average Bonchev–Trinajstić information content (AvgIpc) is 3.35. The van der Waals surface area contributed by atoms with Gasteiger partial charge in [0, 0.05) is 16.7 Å². The van der Waals surface area contributed by atoms with Gasteiger partial charge in [0.15, 0.2) is 4.80 Å². The van der Waals surface area contributed by atoms with Crippen molar-refractivity contribution in [3.8, 4) is 5.75 Å². The summed E-state index contributed by atoms with van der Waals surface area (Å²) in [5.41, 5.74) is 0.955. The number of esters is 1. The van der Waals surface area contributed by atoms with Crippen LogP contribution in [0.1, 0.15) is 24.3 Å². The van der Waals surface area contributed by atoms with Gasteiger partial charge >= 0.3 is 5.97 Å². The molecule has 0 N–H and O–H groups in total. The number of fused-ring (bicyclic) bond motifs is 1. The predicted molar refractivity (Wildman–Crippen MR) is 112 cm³/mol. The summed E-state index contributed by atoms with van der Waals surface area (Å²) in [4.78, 5) is 31.0. The fourth-order valence-corrected chi connectivity index (χ4v) is 4.62. The Morgan fingerprint density at radius 2 is 2.13 bits per heavy atom. The maximum Gasteiger partial charge on any atom is 0.338 e. The van der Waals surface area contributed by atoms with Crippen LogP contribution in [0.5, 0.6) is 5.75 Å². The number of rotatable bonds is 4. The molecule has 0 radical (unpaired) electrons. The lowest BCUT2D eigenvalue weighted by Crippen LogP contribution is -2.40. The third-order valence-corrected chi connectivity index (χ3v) is 5.95. The molecule has 7 nitrogen and oxygen atoms in total. The number of nitrogens with zero attached hydrogens (tertiary/aromatic N) is 2. The van der Waals surface area contributed by atoms with Crippen LogP contribution in [0.4, 0.5) is 0 Å². The molecule has 30 heavy (non-hydrogen) atoms. The standard InChI is InChI=1S/C21H17ClN2O5S/c1-11-17(20(26)28-3)18(14-9-12(22)6-7-15(14)27-2)24-19(25)16(30-21(24)23-11)10-13-5-4-8-29-13/h4-10,18H,1-3H3/b16-10+. The van der Waals surface area contributed by atoms with Crippen molar-refractivity contribution < 1.29 is 18.7 Å². The van der Waals surface area contributed by atoms with Crippen LogP contribution in [0.2, 0.25) is 5.02 Å². The minimum absolute atomic E-state index is 0.245. The molecule has 0 fully saturated rings. The number of methoxy groups -OCH3 is 2. The third-order valence-electron chi connectivity index (χ3n) is 4.73. The first-order chi connectivity index (χ1) is 14.4. The third kappa shape index (κ3) is 3.38. The van der Waals surface area contributed by atoms with Gasteiger partial charge in [0.1, 0.15) is 17.6 Å². The van der Waals surface area contributed by atoms with Crippen molar-refractivity contribution in [2.75, 3.05) is 14.2 Å². The zero-order valence-corrected chi connectivity index (χ0v) is 17.9. The summed E-state index contributed by atoms with van der Waals surface area (Å²) >= 11 is 7.45. The summed E-state index contributed by atoms with van der Waals surface area (Å²) < 4.78 is 17.7. The van der Waals surface area contributed by atoms with E-state index in [1.165, 1.54) is 36.4 Å². The Bertz CT molecular complexity index is 1330. The number of ether oxygens (including phenoxy) is 2. The van der Waals surface area contributed by atoms with Gasteiger partial charge in [-0.05, 0) is 37.3 Å². The van der Waals surface area contributed by atoms with Crippen LogP contribution < -0.4 is 19.6 Å². The Balaban J connectivity index is 2.05. The van der Waals surface area contributed by atoms with Crippen LogP contribution in [0.3, 0.4) is 0 Å².